The van der Waals surface area contributed by atoms with Crippen LogP contribution in [-0.2, 0) is 6.42 Å². The number of nitrogens with zero attached hydrogens (tertiary/aromatic N) is 2. The molecule has 1 aliphatic rings. The summed E-state index contributed by atoms with van der Waals surface area (Å²) in [6.45, 7) is 4.33. The van der Waals surface area contributed by atoms with Crippen LogP contribution in [0.5, 0.6) is 0 Å². The highest BCUT2D eigenvalue weighted by Gasteiger charge is 2.06. The minimum absolute atomic E-state index is 0.506. The standard InChI is InChI=1S/C11H14N2/c1-3-10-8-12-13-7-6-9(2)4-5-11(10)13/h4-9H,3H2,1-2H3. The zero-order chi connectivity index (χ0) is 9.26. The van der Waals surface area contributed by atoms with Gasteiger partial charge < -0.3 is 0 Å². The van der Waals surface area contributed by atoms with E-state index in [1.54, 1.807) is 0 Å². The Morgan fingerprint density at radius 3 is 3.08 bits per heavy atom. The summed E-state index contributed by atoms with van der Waals surface area (Å²) in [5, 5.41) is 4.30. The quantitative estimate of drug-likeness (QED) is 0.639. The van der Waals surface area contributed by atoms with Gasteiger partial charge in [-0.15, -0.1) is 0 Å². The number of allylic oxidation sites excluding steroid dienone is 2. The fraction of sp³-hybridized carbons (Fsp3) is 0.364. The average Bonchev–Trinajstić information content (AvgIpc) is 2.45. The van der Waals surface area contributed by atoms with Gasteiger partial charge in [-0.05, 0) is 24.0 Å². The van der Waals surface area contributed by atoms with E-state index in [9.17, 15) is 0 Å². The molecule has 0 saturated carbocycles. The summed E-state index contributed by atoms with van der Waals surface area (Å²) in [7, 11) is 0. The van der Waals surface area contributed by atoms with E-state index in [1.807, 2.05) is 17.1 Å². The van der Waals surface area contributed by atoms with Crippen LogP contribution in [0.4, 0.5) is 0 Å². The molecule has 2 rings (SSSR count). The zero-order valence-electron chi connectivity index (χ0n) is 8.07. The Balaban J connectivity index is 2.49. The third-order valence-electron chi connectivity index (χ3n) is 2.38. The van der Waals surface area contributed by atoms with Crippen molar-refractivity contribution in [1.29, 1.82) is 0 Å². The van der Waals surface area contributed by atoms with Crippen molar-refractivity contribution in [2.75, 3.05) is 0 Å². The smallest absolute Gasteiger partial charge is 0.0690 e. The second-order valence-electron chi connectivity index (χ2n) is 3.41. The van der Waals surface area contributed by atoms with Crippen LogP contribution in [-0.4, -0.2) is 9.78 Å². The molecule has 0 radical (unpaired) electrons. The molecule has 2 heterocycles. The monoisotopic (exact) mass is 174 g/mol. The summed E-state index contributed by atoms with van der Waals surface area (Å²) in [4.78, 5) is 0. The highest BCUT2D eigenvalue weighted by molar-refractivity contribution is 5.55. The third-order valence-corrected chi connectivity index (χ3v) is 2.38. The van der Waals surface area contributed by atoms with Gasteiger partial charge in [-0.3, -0.25) is 0 Å². The molecule has 1 aliphatic heterocycles. The Bertz CT molecular complexity index is 358. The highest BCUT2D eigenvalue weighted by atomic mass is 15.3. The molecule has 2 heteroatoms. The molecule has 0 fully saturated rings. The molecular formula is C11H14N2. The number of hydrogen-bond donors (Lipinski definition) is 0. The van der Waals surface area contributed by atoms with Crippen molar-refractivity contribution < 1.29 is 0 Å². The van der Waals surface area contributed by atoms with E-state index in [0.29, 0.717) is 5.92 Å². The number of aryl methyl sites for hydroxylation is 1. The van der Waals surface area contributed by atoms with Crippen molar-refractivity contribution >= 4 is 12.3 Å². The van der Waals surface area contributed by atoms with Gasteiger partial charge in [-0.2, -0.15) is 5.10 Å². The number of hydrogen-bond acceptors (Lipinski definition) is 1. The molecule has 1 aromatic heterocycles. The van der Waals surface area contributed by atoms with Crippen molar-refractivity contribution in [2.24, 2.45) is 5.92 Å². The lowest BCUT2D eigenvalue weighted by Crippen LogP contribution is -1.91. The Morgan fingerprint density at radius 1 is 1.46 bits per heavy atom. The van der Waals surface area contributed by atoms with Crippen molar-refractivity contribution in [3.05, 3.63) is 29.6 Å². The molecule has 0 saturated heterocycles. The average molecular weight is 174 g/mol. The lowest BCUT2D eigenvalue weighted by molar-refractivity contribution is 0.908. The minimum atomic E-state index is 0.506. The Kier molecular flexibility index (Phi) is 2.05. The van der Waals surface area contributed by atoms with Crippen LogP contribution < -0.4 is 0 Å². The number of aromatic nitrogens is 2. The topological polar surface area (TPSA) is 17.8 Å². The maximum absolute atomic E-state index is 4.30. The Hall–Kier alpha value is -1.31. The first-order valence-corrected chi connectivity index (χ1v) is 4.74. The number of fused-ring (bicyclic) bond motifs is 1. The van der Waals surface area contributed by atoms with Gasteiger partial charge >= 0.3 is 0 Å². The first-order chi connectivity index (χ1) is 6.31. The molecule has 0 aromatic carbocycles. The molecule has 2 nitrogen and oxygen atoms in total. The summed E-state index contributed by atoms with van der Waals surface area (Å²) in [6.07, 6.45) is 11.5. The molecule has 0 bridgehead atoms. The molecule has 13 heavy (non-hydrogen) atoms. The van der Waals surface area contributed by atoms with Crippen LogP contribution >= 0.6 is 0 Å². The largest absolute Gasteiger partial charge is 0.241 e. The van der Waals surface area contributed by atoms with Crippen LogP contribution in [0, 0.1) is 5.92 Å². The fourth-order valence-electron chi connectivity index (χ4n) is 1.51. The predicted molar refractivity (Wildman–Crippen MR) is 55.1 cm³/mol. The van der Waals surface area contributed by atoms with Crippen LogP contribution in [0.2, 0.25) is 0 Å². The summed E-state index contributed by atoms with van der Waals surface area (Å²) >= 11 is 0. The molecular weight excluding hydrogens is 160 g/mol. The maximum atomic E-state index is 4.30. The van der Waals surface area contributed by atoms with Crippen molar-refractivity contribution in [3.8, 4) is 0 Å². The van der Waals surface area contributed by atoms with E-state index < -0.39 is 0 Å². The molecule has 68 valence electrons. The van der Waals surface area contributed by atoms with Gasteiger partial charge in [0.25, 0.3) is 0 Å². The Morgan fingerprint density at radius 2 is 2.31 bits per heavy atom. The first kappa shape index (κ1) is 8.30. The molecule has 0 aliphatic carbocycles. The molecule has 0 spiro atoms. The van der Waals surface area contributed by atoms with E-state index in [1.165, 1.54) is 11.3 Å². The van der Waals surface area contributed by atoms with E-state index in [2.05, 4.69) is 37.2 Å². The fourth-order valence-corrected chi connectivity index (χ4v) is 1.51. The predicted octanol–water partition coefficient (Wildman–Crippen LogP) is 2.58. The second kappa shape index (κ2) is 3.21. The molecule has 1 atom stereocenters. The molecule has 1 aromatic rings. The van der Waals surface area contributed by atoms with Crippen molar-refractivity contribution in [1.82, 2.24) is 9.78 Å². The second-order valence-corrected chi connectivity index (χ2v) is 3.41. The summed E-state index contributed by atoms with van der Waals surface area (Å²) in [5.74, 6) is 0.506. The van der Waals surface area contributed by atoms with Gasteiger partial charge in [-0.25, -0.2) is 4.68 Å². The van der Waals surface area contributed by atoms with Gasteiger partial charge in [0.1, 0.15) is 0 Å². The first-order valence-electron chi connectivity index (χ1n) is 4.74. The maximum Gasteiger partial charge on any atom is 0.0690 e. The van der Waals surface area contributed by atoms with E-state index >= 15 is 0 Å². The van der Waals surface area contributed by atoms with E-state index in [4.69, 9.17) is 0 Å². The normalized spacial score (nSPS) is 20.0. The molecule has 0 amide bonds. The van der Waals surface area contributed by atoms with Crippen LogP contribution in [0.15, 0.2) is 18.3 Å². The number of rotatable bonds is 1. The lowest BCUT2D eigenvalue weighted by atomic mass is 10.1. The van der Waals surface area contributed by atoms with Crippen LogP contribution in [0.25, 0.3) is 12.3 Å². The SMILES string of the molecule is CCc1cnn2c1C=CC(C)C=C2. The minimum Gasteiger partial charge on any atom is -0.241 e. The van der Waals surface area contributed by atoms with Crippen LogP contribution in [0.3, 0.4) is 0 Å². The van der Waals surface area contributed by atoms with Gasteiger partial charge in [0.15, 0.2) is 0 Å². The van der Waals surface area contributed by atoms with Gasteiger partial charge in [0.05, 0.1) is 11.9 Å². The highest BCUT2D eigenvalue weighted by Crippen LogP contribution is 2.17. The zero-order valence-corrected chi connectivity index (χ0v) is 8.07. The molecule has 0 N–H and O–H groups in total. The summed E-state index contributed by atoms with van der Waals surface area (Å²) in [6, 6.07) is 0. The van der Waals surface area contributed by atoms with Crippen LogP contribution in [0.1, 0.15) is 25.1 Å². The van der Waals surface area contributed by atoms with E-state index in [0.717, 1.165) is 6.42 Å². The third kappa shape index (κ3) is 1.44. The van der Waals surface area contributed by atoms with Gasteiger partial charge in [-0.1, -0.05) is 26.0 Å². The van der Waals surface area contributed by atoms with Crippen molar-refractivity contribution in [2.45, 2.75) is 20.3 Å². The van der Waals surface area contributed by atoms with E-state index in [-0.39, 0.29) is 0 Å². The van der Waals surface area contributed by atoms with Gasteiger partial charge in [0.2, 0.25) is 0 Å². The van der Waals surface area contributed by atoms with Gasteiger partial charge in [0, 0.05) is 6.20 Å². The summed E-state index contributed by atoms with van der Waals surface area (Å²) in [5.41, 5.74) is 2.54. The van der Waals surface area contributed by atoms with Crippen molar-refractivity contribution in [3.63, 3.8) is 0 Å². The Labute approximate surface area is 78.6 Å². The molecule has 1 unspecified atom stereocenters. The summed E-state index contributed by atoms with van der Waals surface area (Å²) < 4.78 is 1.94. The lowest BCUT2D eigenvalue weighted by Gasteiger charge is -1.96.